The van der Waals surface area contributed by atoms with Crippen molar-refractivity contribution >= 4 is 25.8 Å². The summed E-state index contributed by atoms with van der Waals surface area (Å²) in [5.41, 5.74) is 0.416. The first-order chi connectivity index (χ1) is 10.1. The van der Waals surface area contributed by atoms with Gasteiger partial charge in [-0.2, -0.15) is 0 Å². The Balaban J connectivity index is 2.65. The minimum atomic E-state index is -3.72. The van der Waals surface area contributed by atoms with Crippen LogP contribution in [0.4, 0.5) is 4.79 Å². The lowest BCUT2D eigenvalue weighted by Gasteiger charge is -2.23. The average molecular weight is 348 g/mol. The number of ether oxygens (including phenoxy) is 1. The molecule has 1 amide bonds. The van der Waals surface area contributed by atoms with Gasteiger partial charge in [0.1, 0.15) is 5.60 Å². The molecular formula is C15H22ClNO4S. The number of benzene rings is 1. The summed E-state index contributed by atoms with van der Waals surface area (Å²) in [6.07, 6.45) is 0.439. The van der Waals surface area contributed by atoms with Crippen LogP contribution in [0, 0.1) is 0 Å². The highest BCUT2D eigenvalue weighted by atomic mass is 35.7. The van der Waals surface area contributed by atoms with Crippen molar-refractivity contribution in [2.45, 2.75) is 45.3 Å². The Labute approximate surface area is 136 Å². The largest absolute Gasteiger partial charge is 0.444 e. The second-order valence-electron chi connectivity index (χ2n) is 6.07. The summed E-state index contributed by atoms with van der Waals surface area (Å²) in [5.74, 6) is -0.333. The molecule has 0 spiro atoms. The maximum Gasteiger partial charge on any atom is 0.407 e. The molecule has 1 aromatic carbocycles. The number of carbonyl (C=O) groups excluding carboxylic acids is 1. The first-order valence-corrected chi connectivity index (χ1v) is 9.49. The van der Waals surface area contributed by atoms with Gasteiger partial charge in [-0.25, -0.2) is 13.2 Å². The normalized spacial score (nSPS) is 13.5. The third-order valence-electron chi connectivity index (χ3n) is 2.75. The standard InChI is InChI=1S/C15H22ClNO4S/c1-15(2,3)21-14(18)17-13(11-22(16,19)20)10-9-12-7-5-4-6-8-12/h4-8,13H,9-11H2,1-3H3,(H,17,18)/t13-/m0/s1. The SMILES string of the molecule is CC(C)(C)OC(=O)N[C@@H](CCc1ccccc1)CS(=O)(=O)Cl. The molecule has 1 N–H and O–H groups in total. The van der Waals surface area contributed by atoms with E-state index in [1.54, 1.807) is 20.8 Å². The summed E-state index contributed by atoms with van der Waals surface area (Å²) in [6.45, 7) is 5.22. The van der Waals surface area contributed by atoms with E-state index in [-0.39, 0.29) is 5.75 Å². The average Bonchev–Trinajstić information content (AvgIpc) is 2.33. The molecule has 0 aromatic heterocycles. The van der Waals surface area contributed by atoms with Crippen LogP contribution in [0.1, 0.15) is 32.8 Å². The fraction of sp³-hybridized carbons (Fsp3) is 0.533. The highest BCUT2D eigenvalue weighted by molar-refractivity contribution is 8.13. The Morgan fingerprint density at radius 2 is 1.86 bits per heavy atom. The number of halogens is 1. The van der Waals surface area contributed by atoms with Crippen molar-refractivity contribution in [1.82, 2.24) is 5.32 Å². The van der Waals surface area contributed by atoms with Crippen LogP contribution in [0.5, 0.6) is 0 Å². The van der Waals surface area contributed by atoms with Crippen LogP contribution < -0.4 is 5.32 Å². The highest BCUT2D eigenvalue weighted by Crippen LogP contribution is 2.11. The van der Waals surface area contributed by atoms with Crippen molar-refractivity contribution in [1.29, 1.82) is 0 Å². The second-order valence-corrected chi connectivity index (χ2v) is 8.89. The summed E-state index contributed by atoms with van der Waals surface area (Å²) in [5, 5.41) is 2.58. The zero-order chi connectivity index (χ0) is 16.8. The fourth-order valence-corrected chi connectivity index (χ4v) is 3.08. The van der Waals surface area contributed by atoms with E-state index in [0.29, 0.717) is 12.8 Å². The molecule has 1 aromatic rings. The van der Waals surface area contributed by atoms with Crippen molar-refractivity contribution < 1.29 is 17.9 Å². The molecule has 0 heterocycles. The van der Waals surface area contributed by atoms with Crippen LogP contribution in [0.3, 0.4) is 0 Å². The van der Waals surface area contributed by atoms with Crippen LogP contribution in [-0.2, 0) is 20.2 Å². The van der Waals surface area contributed by atoms with E-state index < -0.39 is 26.8 Å². The summed E-state index contributed by atoms with van der Waals surface area (Å²) in [6, 6.07) is 9.01. The first-order valence-electron chi connectivity index (χ1n) is 7.01. The summed E-state index contributed by atoms with van der Waals surface area (Å²) in [7, 11) is 1.59. The van der Waals surface area contributed by atoms with Crippen LogP contribution in [0.25, 0.3) is 0 Å². The molecule has 0 aliphatic rings. The van der Waals surface area contributed by atoms with E-state index in [1.165, 1.54) is 0 Å². The minimum absolute atomic E-state index is 0.333. The lowest BCUT2D eigenvalue weighted by atomic mass is 10.1. The predicted molar refractivity (Wildman–Crippen MR) is 87.6 cm³/mol. The predicted octanol–water partition coefficient (Wildman–Crippen LogP) is 3.08. The molecule has 0 aliphatic heterocycles. The van der Waals surface area contributed by atoms with E-state index in [0.717, 1.165) is 5.56 Å². The topological polar surface area (TPSA) is 72.5 Å². The van der Waals surface area contributed by atoms with Crippen LogP contribution in [0.15, 0.2) is 30.3 Å². The molecule has 0 saturated carbocycles. The van der Waals surface area contributed by atoms with E-state index in [2.05, 4.69) is 5.32 Å². The second kappa shape index (κ2) is 7.83. The van der Waals surface area contributed by atoms with Crippen molar-refractivity contribution in [2.75, 3.05) is 5.75 Å². The molecule has 5 nitrogen and oxygen atoms in total. The minimum Gasteiger partial charge on any atom is -0.444 e. The summed E-state index contributed by atoms with van der Waals surface area (Å²) < 4.78 is 27.7. The van der Waals surface area contributed by atoms with E-state index in [1.807, 2.05) is 30.3 Å². The lowest BCUT2D eigenvalue weighted by molar-refractivity contribution is 0.0507. The number of alkyl carbamates (subject to hydrolysis) is 1. The van der Waals surface area contributed by atoms with Crippen LogP contribution in [0.2, 0.25) is 0 Å². The Morgan fingerprint density at radius 3 is 2.36 bits per heavy atom. The number of hydrogen-bond acceptors (Lipinski definition) is 4. The zero-order valence-electron chi connectivity index (χ0n) is 13.0. The fourth-order valence-electron chi connectivity index (χ4n) is 1.90. The van der Waals surface area contributed by atoms with Gasteiger partial charge in [0.15, 0.2) is 0 Å². The highest BCUT2D eigenvalue weighted by Gasteiger charge is 2.22. The number of aryl methyl sites for hydroxylation is 1. The molecule has 0 unspecified atom stereocenters. The van der Waals surface area contributed by atoms with Gasteiger partial charge in [-0.05, 0) is 39.2 Å². The number of rotatable bonds is 6. The first kappa shape index (κ1) is 18.8. The molecule has 0 fully saturated rings. The smallest absolute Gasteiger partial charge is 0.407 e. The van der Waals surface area contributed by atoms with Gasteiger partial charge < -0.3 is 10.1 Å². The summed E-state index contributed by atoms with van der Waals surface area (Å²) >= 11 is 0. The Hall–Kier alpha value is -1.27. The maximum absolute atomic E-state index is 11.8. The number of nitrogens with one attached hydrogen (secondary N) is 1. The van der Waals surface area contributed by atoms with Gasteiger partial charge in [-0.15, -0.1) is 0 Å². The third kappa shape index (κ3) is 8.89. The molecule has 0 radical (unpaired) electrons. The molecule has 1 rings (SSSR count). The van der Waals surface area contributed by atoms with Gasteiger partial charge in [0.25, 0.3) is 0 Å². The van der Waals surface area contributed by atoms with Crippen LogP contribution in [-0.4, -0.2) is 31.9 Å². The molecule has 0 bridgehead atoms. The monoisotopic (exact) mass is 347 g/mol. The summed E-state index contributed by atoms with van der Waals surface area (Å²) in [4.78, 5) is 11.8. The molecule has 0 saturated heterocycles. The molecular weight excluding hydrogens is 326 g/mol. The molecule has 1 atom stereocenters. The van der Waals surface area contributed by atoms with Crippen molar-refractivity contribution in [3.05, 3.63) is 35.9 Å². The number of amides is 1. The number of carbonyl (C=O) groups is 1. The van der Waals surface area contributed by atoms with E-state index in [9.17, 15) is 13.2 Å². The van der Waals surface area contributed by atoms with Crippen molar-refractivity contribution in [3.8, 4) is 0 Å². The molecule has 22 heavy (non-hydrogen) atoms. The lowest BCUT2D eigenvalue weighted by Crippen LogP contribution is -2.42. The third-order valence-corrected chi connectivity index (χ3v) is 3.92. The van der Waals surface area contributed by atoms with Gasteiger partial charge in [-0.1, -0.05) is 30.3 Å². The molecule has 7 heteroatoms. The maximum atomic E-state index is 11.8. The van der Waals surface area contributed by atoms with Crippen molar-refractivity contribution in [3.63, 3.8) is 0 Å². The van der Waals surface area contributed by atoms with Gasteiger partial charge in [0, 0.05) is 16.7 Å². The van der Waals surface area contributed by atoms with Gasteiger partial charge in [0.2, 0.25) is 9.05 Å². The quantitative estimate of drug-likeness (QED) is 0.802. The van der Waals surface area contributed by atoms with E-state index in [4.69, 9.17) is 15.4 Å². The van der Waals surface area contributed by atoms with Crippen molar-refractivity contribution in [2.24, 2.45) is 0 Å². The molecule has 0 aliphatic carbocycles. The van der Waals surface area contributed by atoms with Gasteiger partial charge >= 0.3 is 6.09 Å². The Bertz CT molecular complexity index is 581. The zero-order valence-corrected chi connectivity index (χ0v) is 14.6. The Kier molecular flexibility index (Phi) is 6.68. The van der Waals surface area contributed by atoms with Gasteiger partial charge in [-0.3, -0.25) is 0 Å². The molecule has 124 valence electrons. The van der Waals surface area contributed by atoms with Crippen LogP contribution >= 0.6 is 10.7 Å². The Morgan fingerprint density at radius 1 is 1.27 bits per heavy atom. The van der Waals surface area contributed by atoms with Gasteiger partial charge in [0.05, 0.1) is 5.75 Å². The van der Waals surface area contributed by atoms with E-state index >= 15 is 0 Å². The number of hydrogen-bond donors (Lipinski definition) is 1.